The summed E-state index contributed by atoms with van der Waals surface area (Å²) in [5, 5.41) is 0. The maximum atomic E-state index is 12.6. The number of nitrogens with zero attached hydrogens (tertiary/aromatic N) is 2. The number of carbonyl (C=O) groups excluding carboxylic acids is 1. The molecular weight excluding hydrogens is 348 g/mol. The molecule has 1 spiro atoms. The van der Waals surface area contributed by atoms with Gasteiger partial charge in [-0.2, -0.15) is 0 Å². The van der Waals surface area contributed by atoms with E-state index in [1.807, 2.05) is 61.7 Å². The first-order valence-electron chi connectivity index (χ1n) is 8.98. The molecule has 1 amide bonds. The average Bonchev–Trinajstić information content (AvgIpc) is 3.14. The number of likely N-dealkylation sites (tertiary alicyclic amines) is 1. The first-order valence-corrected chi connectivity index (χ1v) is 9.97. The van der Waals surface area contributed by atoms with E-state index in [0.29, 0.717) is 17.9 Å². The monoisotopic (exact) mass is 372 g/mol. The third-order valence-corrected chi connectivity index (χ3v) is 6.68. The number of aryl methyl sites for hydroxylation is 3. The summed E-state index contributed by atoms with van der Waals surface area (Å²) in [6.07, 6.45) is 1.23. The number of thioether (sulfide) groups is 1. The van der Waals surface area contributed by atoms with Crippen LogP contribution in [0.1, 0.15) is 39.7 Å². The van der Waals surface area contributed by atoms with E-state index < -0.39 is 0 Å². The number of aromatic nitrogens is 1. The molecule has 0 bridgehead atoms. The number of ether oxygens (including phenoxy) is 1. The molecular formula is C20H24N2O3S. The molecule has 26 heavy (non-hydrogen) atoms. The number of hydrogen-bond acceptors (Lipinski definition) is 5. The van der Waals surface area contributed by atoms with E-state index in [9.17, 15) is 4.79 Å². The third-order valence-electron chi connectivity index (χ3n) is 5.10. The minimum atomic E-state index is 0.0823. The van der Waals surface area contributed by atoms with Gasteiger partial charge in [0.2, 0.25) is 0 Å². The van der Waals surface area contributed by atoms with Crippen molar-refractivity contribution in [3.05, 3.63) is 52.7 Å². The highest BCUT2D eigenvalue weighted by Crippen LogP contribution is 2.46. The molecule has 0 aliphatic carbocycles. The molecule has 0 aromatic carbocycles. The van der Waals surface area contributed by atoms with Crippen LogP contribution in [0, 0.1) is 20.8 Å². The van der Waals surface area contributed by atoms with Gasteiger partial charge in [0.05, 0.1) is 28.7 Å². The van der Waals surface area contributed by atoms with E-state index in [-0.39, 0.29) is 16.8 Å². The molecule has 1 atom stereocenters. The molecule has 4 heterocycles. The zero-order chi connectivity index (χ0) is 18.3. The molecule has 2 aromatic rings. The van der Waals surface area contributed by atoms with Crippen molar-refractivity contribution in [2.24, 2.45) is 0 Å². The summed E-state index contributed by atoms with van der Waals surface area (Å²) in [7, 11) is 0. The van der Waals surface area contributed by atoms with Gasteiger partial charge in [-0.05, 0) is 45.4 Å². The number of amides is 1. The predicted molar refractivity (Wildman–Crippen MR) is 101 cm³/mol. The number of rotatable bonds is 4. The number of hydrogen-bond donors (Lipinski definition) is 0. The van der Waals surface area contributed by atoms with Crippen molar-refractivity contribution in [3.63, 3.8) is 0 Å². The van der Waals surface area contributed by atoms with Crippen LogP contribution in [0.5, 0.6) is 0 Å². The fourth-order valence-electron chi connectivity index (χ4n) is 3.82. The summed E-state index contributed by atoms with van der Waals surface area (Å²) in [6, 6.07) is 7.85. The molecule has 0 N–H and O–H groups in total. The van der Waals surface area contributed by atoms with Crippen molar-refractivity contribution in [1.82, 2.24) is 9.88 Å². The van der Waals surface area contributed by atoms with Crippen LogP contribution in [0.3, 0.4) is 0 Å². The molecule has 2 fully saturated rings. The molecule has 1 unspecified atom stereocenters. The molecule has 2 aliphatic heterocycles. The molecule has 2 aromatic heterocycles. The molecule has 0 saturated carbocycles. The smallest absolute Gasteiger partial charge is 0.257 e. The second-order valence-electron chi connectivity index (χ2n) is 7.39. The first kappa shape index (κ1) is 17.6. The molecule has 6 heteroatoms. The first-order chi connectivity index (χ1) is 12.4. The van der Waals surface area contributed by atoms with Gasteiger partial charge >= 0.3 is 0 Å². The van der Waals surface area contributed by atoms with Crippen LogP contribution in [0.4, 0.5) is 0 Å². The normalized spacial score (nSPS) is 21.2. The largest absolute Gasteiger partial charge is 0.466 e. The van der Waals surface area contributed by atoms with E-state index in [1.54, 1.807) is 0 Å². The highest BCUT2D eigenvalue weighted by molar-refractivity contribution is 8.01. The Bertz CT molecular complexity index is 826. The SMILES string of the molecule is Cc1cccc(COC2CSC3(C2)CN(C(=O)c2cc(C)oc2C)C3)n1. The van der Waals surface area contributed by atoms with Crippen LogP contribution >= 0.6 is 11.8 Å². The van der Waals surface area contributed by atoms with Crippen molar-refractivity contribution in [3.8, 4) is 0 Å². The molecule has 138 valence electrons. The maximum absolute atomic E-state index is 12.6. The van der Waals surface area contributed by atoms with Gasteiger partial charge in [-0.15, -0.1) is 11.8 Å². The van der Waals surface area contributed by atoms with Gasteiger partial charge in [0.1, 0.15) is 11.5 Å². The predicted octanol–water partition coefficient (Wildman–Crippen LogP) is 3.52. The summed E-state index contributed by atoms with van der Waals surface area (Å²) >= 11 is 1.94. The lowest BCUT2D eigenvalue weighted by molar-refractivity contribution is 0.0244. The highest BCUT2D eigenvalue weighted by atomic mass is 32.2. The van der Waals surface area contributed by atoms with Crippen molar-refractivity contribution in [2.75, 3.05) is 18.8 Å². The van der Waals surface area contributed by atoms with Crippen LogP contribution in [-0.4, -0.2) is 45.5 Å². The van der Waals surface area contributed by atoms with Gasteiger partial charge in [0.15, 0.2) is 0 Å². The number of furan rings is 1. The minimum absolute atomic E-state index is 0.0823. The maximum Gasteiger partial charge on any atom is 0.257 e. The van der Waals surface area contributed by atoms with Crippen molar-refractivity contribution < 1.29 is 13.9 Å². The van der Waals surface area contributed by atoms with Crippen LogP contribution in [0.2, 0.25) is 0 Å². The molecule has 2 saturated heterocycles. The Labute approximate surface area is 158 Å². The second-order valence-corrected chi connectivity index (χ2v) is 8.88. The molecule has 4 rings (SSSR count). The van der Waals surface area contributed by atoms with E-state index in [4.69, 9.17) is 9.15 Å². The van der Waals surface area contributed by atoms with Crippen molar-refractivity contribution in [1.29, 1.82) is 0 Å². The fourth-order valence-corrected chi connectivity index (χ4v) is 5.37. The summed E-state index contributed by atoms with van der Waals surface area (Å²) < 4.78 is 11.7. The molecule has 5 nitrogen and oxygen atoms in total. The summed E-state index contributed by atoms with van der Waals surface area (Å²) in [5.41, 5.74) is 2.69. The fraction of sp³-hybridized carbons (Fsp3) is 0.500. The quantitative estimate of drug-likeness (QED) is 0.822. The van der Waals surface area contributed by atoms with Crippen LogP contribution in [0.15, 0.2) is 28.7 Å². The van der Waals surface area contributed by atoms with Gasteiger partial charge in [-0.25, -0.2) is 0 Å². The van der Waals surface area contributed by atoms with Gasteiger partial charge in [0, 0.05) is 24.5 Å². The van der Waals surface area contributed by atoms with E-state index in [0.717, 1.165) is 42.4 Å². The third kappa shape index (κ3) is 3.40. The van der Waals surface area contributed by atoms with E-state index in [2.05, 4.69) is 4.98 Å². The van der Waals surface area contributed by atoms with Crippen molar-refractivity contribution in [2.45, 2.75) is 44.6 Å². The second kappa shape index (κ2) is 6.74. The summed E-state index contributed by atoms with van der Waals surface area (Å²) in [6.45, 7) is 7.86. The van der Waals surface area contributed by atoms with Crippen LogP contribution in [-0.2, 0) is 11.3 Å². The van der Waals surface area contributed by atoms with E-state index in [1.165, 1.54) is 0 Å². The Hall–Kier alpha value is -1.79. The zero-order valence-corrected chi connectivity index (χ0v) is 16.3. The standard InChI is InChI=1S/C20H24N2O3S/c1-13-5-4-6-16(21-13)9-24-17-8-20(26-10-17)11-22(12-20)19(23)18-7-14(2)25-15(18)3/h4-7,17H,8-12H2,1-3H3. The Balaban J connectivity index is 1.30. The topological polar surface area (TPSA) is 55.6 Å². The van der Waals surface area contributed by atoms with Crippen LogP contribution < -0.4 is 0 Å². The van der Waals surface area contributed by atoms with Crippen LogP contribution in [0.25, 0.3) is 0 Å². The lowest BCUT2D eigenvalue weighted by Gasteiger charge is -2.47. The molecule has 2 aliphatic rings. The average molecular weight is 372 g/mol. The Morgan fingerprint density at radius 1 is 1.38 bits per heavy atom. The zero-order valence-electron chi connectivity index (χ0n) is 15.4. The molecule has 0 radical (unpaired) electrons. The van der Waals surface area contributed by atoms with E-state index >= 15 is 0 Å². The Morgan fingerprint density at radius 2 is 2.19 bits per heavy atom. The lowest BCUT2D eigenvalue weighted by Crippen LogP contribution is -2.60. The Morgan fingerprint density at radius 3 is 2.88 bits per heavy atom. The Kier molecular flexibility index (Phi) is 4.57. The minimum Gasteiger partial charge on any atom is -0.466 e. The summed E-state index contributed by atoms with van der Waals surface area (Å²) in [5.74, 6) is 2.56. The lowest BCUT2D eigenvalue weighted by atomic mass is 9.92. The van der Waals surface area contributed by atoms with Gasteiger partial charge in [-0.3, -0.25) is 9.78 Å². The van der Waals surface area contributed by atoms with Crippen molar-refractivity contribution >= 4 is 17.7 Å². The number of carbonyl (C=O) groups is 1. The number of pyridine rings is 1. The van der Waals surface area contributed by atoms with Gasteiger partial charge in [-0.1, -0.05) is 6.07 Å². The van der Waals surface area contributed by atoms with Gasteiger partial charge < -0.3 is 14.1 Å². The highest BCUT2D eigenvalue weighted by Gasteiger charge is 2.51. The summed E-state index contributed by atoms with van der Waals surface area (Å²) in [4.78, 5) is 19.1. The van der Waals surface area contributed by atoms with Gasteiger partial charge in [0.25, 0.3) is 5.91 Å².